The van der Waals surface area contributed by atoms with Crippen molar-refractivity contribution in [3.8, 4) is 0 Å². The number of thiophene rings is 1. The first-order chi connectivity index (χ1) is 11.0. The zero-order valence-electron chi connectivity index (χ0n) is 13.8. The predicted octanol–water partition coefficient (Wildman–Crippen LogP) is 2.08. The van der Waals surface area contributed by atoms with E-state index in [1.807, 2.05) is 22.2 Å². The van der Waals surface area contributed by atoms with Gasteiger partial charge in [0.1, 0.15) is 0 Å². The summed E-state index contributed by atoms with van der Waals surface area (Å²) >= 11 is 1.85. The Hall–Kier alpha value is -1.86. The second-order valence-electron chi connectivity index (χ2n) is 6.18. The van der Waals surface area contributed by atoms with E-state index in [0.29, 0.717) is 6.54 Å². The molecule has 0 spiro atoms. The Morgan fingerprint density at radius 3 is 2.96 bits per heavy atom. The summed E-state index contributed by atoms with van der Waals surface area (Å²) in [7, 11) is 3.50. The molecule has 0 aromatic carbocycles. The first-order valence-electron chi connectivity index (χ1n) is 7.78. The summed E-state index contributed by atoms with van der Waals surface area (Å²) in [6, 6.07) is 6.54. The van der Waals surface area contributed by atoms with E-state index in [9.17, 15) is 4.79 Å². The maximum Gasteiger partial charge on any atom is 0.316 e. The Morgan fingerprint density at radius 1 is 1.43 bits per heavy atom. The molecule has 3 heterocycles. The highest BCUT2D eigenvalue weighted by Gasteiger charge is 2.26. The van der Waals surface area contributed by atoms with Gasteiger partial charge in [0, 0.05) is 56.2 Å². The van der Waals surface area contributed by atoms with Crippen molar-refractivity contribution in [2.75, 3.05) is 27.2 Å². The molecule has 0 radical (unpaired) electrons. The summed E-state index contributed by atoms with van der Waals surface area (Å²) in [5, 5.41) is 7.41. The molecule has 0 saturated carbocycles. The normalized spacial score (nSPS) is 17.8. The van der Waals surface area contributed by atoms with Gasteiger partial charge in [-0.2, -0.15) is 5.10 Å². The third-order valence-electron chi connectivity index (χ3n) is 4.02. The Balaban J connectivity index is 1.68. The second-order valence-corrected chi connectivity index (χ2v) is 7.56. The molecule has 2 aromatic rings. The van der Waals surface area contributed by atoms with Gasteiger partial charge < -0.3 is 10.2 Å². The highest BCUT2D eigenvalue weighted by molar-refractivity contribution is 7.11. The number of carbonyl (C=O) groups is 1. The van der Waals surface area contributed by atoms with Crippen molar-refractivity contribution in [3.63, 3.8) is 0 Å². The van der Waals surface area contributed by atoms with Crippen LogP contribution in [0.2, 0.25) is 0 Å². The molecule has 0 bridgehead atoms. The molecule has 6 nitrogen and oxygen atoms in total. The number of aryl methyl sites for hydroxylation is 1. The van der Waals surface area contributed by atoms with Crippen LogP contribution in [0.25, 0.3) is 0 Å². The fourth-order valence-corrected chi connectivity index (χ4v) is 3.82. The minimum atomic E-state index is -0.0651. The van der Waals surface area contributed by atoms with Crippen molar-refractivity contribution >= 4 is 17.4 Å². The van der Waals surface area contributed by atoms with Crippen LogP contribution in [0.3, 0.4) is 0 Å². The summed E-state index contributed by atoms with van der Waals surface area (Å²) in [6.07, 6.45) is 1.84. The first kappa shape index (κ1) is 16.0. The molecule has 1 atom stereocenters. The van der Waals surface area contributed by atoms with Crippen molar-refractivity contribution < 1.29 is 4.79 Å². The van der Waals surface area contributed by atoms with Gasteiger partial charge >= 0.3 is 6.03 Å². The number of nitrogens with one attached hydrogen (secondary N) is 1. The van der Waals surface area contributed by atoms with Crippen LogP contribution >= 0.6 is 11.3 Å². The van der Waals surface area contributed by atoms with Crippen LogP contribution in [0.1, 0.15) is 21.5 Å². The Morgan fingerprint density at radius 2 is 2.26 bits per heavy atom. The third kappa shape index (κ3) is 3.73. The smallest absolute Gasteiger partial charge is 0.316 e. The maximum absolute atomic E-state index is 11.8. The molecular weight excluding hydrogens is 310 g/mol. The van der Waals surface area contributed by atoms with Gasteiger partial charge in [-0.25, -0.2) is 4.79 Å². The van der Waals surface area contributed by atoms with E-state index in [2.05, 4.69) is 40.4 Å². The van der Waals surface area contributed by atoms with Gasteiger partial charge in [-0.3, -0.25) is 9.58 Å². The molecule has 7 heteroatoms. The topological polar surface area (TPSA) is 53.4 Å². The van der Waals surface area contributed by atoms with Crippen LogP contribution in [-0.4, -0.2) is 52.8 Å². The van der Waals surface area contributed by atoms with Crippen LogP contribution in [-0.2, 0) is 13.1 Å². The molecule has 1 N–H and O–H groups in total. The molecule has 0 saturated heterocycles. The molecule has 0 fully saturated rings. The number of carbonyl (C=O) groups excluding carboxylic acids is 1. The van der Waals surface area contributed by atoms with E-state index in [1.54, 1.807) is 19.0 Å². The summed E-state index contributed by atoms with van der Waals surface area (Å²) in [6.45, 7) is 5.46. The SMILES string of the molecule is Cc1ccc(CN2Cc3ccnn3[C@@H](CNC(=O)N(C)C)C2)s1. The molecule has 124 valence electrons. The van der Waals surface area contributed by atoms with Crippen LogP contribution < -0.4 is 5.32 Å². The zero-order chi connectivity index (χ0) is 16.4. The van der Waals surface area contributed by atoms with Crippen LogP contribution in [0, 0.1) is 6.92 Å². The van der Waals surface area contributed by atoms with Gasteiger partial charge in [0.2, 0.25) is 0 Å². The molecule has 23 heavy (non-hydrogen) atoms. The lowest BCUT2D eigenvalue weighted by Crippen LogP contribution is -2.44. The molecule has 1 aliphatic rings. The molecule has 1 aliphatic heterocycles. The van der Waals surface area contributed by atoms with Crippen LogP contribution in [0.5, 0.6) is 0 Å². The van der Waals surface area contributed by atoms with E-state index >= 15 is 0 Å². The fraction of sp³-hybridized carbons (Fsp3) is 0.500. The summed E-state index contributed by atoms with van der Waals surface area (Å²) < 4.78 is 2.05. The Bertz CT molecular complexity index is 678. The van der Waals surface area contributed by atoms with E-state index in [1.165, 1.54) is 15.4 Å². The van der Waals surface area contributed by atoms with Gasteiger partial charge in [-0.15, -0.1) is 11.3 Å². The Kier molecular flexibility index (Phi) is 4.68. The highest BCUT2D eigenvalue weighted by Crippen LogP contribution is 2.24. The second kappa shape index (κ2) is 6.72. The molecule has 2 amide bonds. The van der Waals surface area contributed by atoms with Gasteiger partial charge in [-0.1, -0.05) is 0 Å². The summed E-state index contributed by atoms with van der Waals surface area (Å²) in [4.78, 5) is 18.5. The third-order valence-corrected chi connectivity index (χ3v) is 5.01. The highest BCUT2D eigenvalue weighted by atomic mass is 32.1. The van der Waals surface area contributed by atoms with Crippen molar-refractivity contribution in [2.45, 2.75) is 26.1 Å². The number of amides is 2. The van der Waals surface area contributed by atoms with E-state index < -0.39 is 0 Å². The molecule has 0 aliphatic carbocycles. The number of hydrogen-bond acceptors (Lipinski definition) is 4. The standard InChI is InChI=1S/C16H23N5OS/c1-12-4-5-15(23-12)11-20-9-13-6-7-18-21(13)14(10-20)8-17-16(22)19(2)3/h4-7,14H,8-11H2,1-3H3,(H,17,22)/t14-/m0/s1. The minimum absolute atomic E-state index is 0.0651. The van der Waals surface area contributed by atoms with Crippen molar-refractivity contribution in [1.29, 1.82) is 0 Å². The van der Waals surface area contributed by atoms with E-state index in [4.69, 9.17) is 0 Å². The monoisotopic (exact) mass is 333 g/mol. The number of aromatic nitrogens is 2. The fourth-order valence-electron chi connectivity index (χ4n) is 2.89. The molecule has 0 unspecified atom stereocenters. The van der Waals surface area contributed by atoms with Crippen LogP contribution in [0.4, 0.5) is 4.79 Å². The molecule has 3 rings (SSSR count). The van der Waals surface area contributed by atoms with Crippen molar-refractivity contribution in [1.82, 2.24) is 24.9 Å². The zero-order valence-corrected chi connectivity index (χ0v) is 14.6. The predicted molar refractivity (Wildman–Crippen MR) is 91.5 cm³/mol. The summed E-state index contributed by atoms with van der Waals surface area (Å²) in [5.74, 6) is 0. The number of urea groups is 1. The lowest BCUT2D eigenvalue weighted by atomic mass is 10.2. The minimum Gasteiger partial charge on any atom is -0.336 e. The lowest BCUT2D eigenvalue weighted by Gasteiger charge is -2.34. The average Bonchev–Trinajstić information content (AvgIpc) is 3.13. The number of rotatable bonds is 4. The number of fused-ring (bicyclic) bond motifs is 1. The van der Waals surface area contributed by atoms with Crippen molar-refractivity contribution in [3.05, 3.63) is 39.8 Å². The average molecular weight is 333 g/mol. The lowest BCUT2D eigenvalue weighted by molar-refractivity contribution is 0.163. The van der Waals surface area contributed by atoms with Gasteiger partial charge in [0.05, 0.1) is 11.7 Å². The van der Waals surface area contributed by atoms with Gasteiger partial charge in [-0.05, 0) is 25.1 Å². The maximum atomic E-state index is 11.8. The van der Waals surface area contributed by atoms with E-state index in [-0.39, 0.29) is 12.1 Å². The van der Waals surface area contributed by atoms with Gasteiger partial charge in [0.15, 0.2) is 0 Å². The molecule has 2 aromatic heterocycles. The molecular formula is C16H23N5OS. The van der Waals surface area contributed by atoms with E-state index in [0.717, 1.165) is 19.6 Å². The number of nitrogens with zero attached hydrogens (tertiary/aromatic N) is 4. The number of hydrogen-bond donors (Lipinski definition) is 1. The van der Waals surface area contributed by atoms with Crippen molar-refractivity contribution in [2.24, 2.45) is 0 Å². The van der Waals surface area contributed by atoms with Crippen LogP contribution in [0.15, 0.2) is 24.4 Å². The summed E-state index contributed by atoms with van der Waals surface area (Å²) in [5.41, 5.74) is 1.20. The Labute approximate surface area is 140 Å². The largest absolute Gasteiger partial charge is 0.336 e. The van der Waals surface area contributed by atoms with Gasteiger partial charge in [0.25, 0.3) is 0 Å². The first-order valence-corrected chi connectivity index (χ1v) is 8.60. The quantitative estimate of drug-likeness (QED) is 0.932.